The fraction of sp³-hybridized carbons (Fsp3) is 0.258. The van der Waals surface area contributed by atoms with Gasteiger partial charge in [0.2, 0.25) is 0 Å². The van der Waals surface area contributed by atoms with E-state index in [0.29, 0.717) is 35.2 Å². The zero-order valence-corrected chi connectivity index (χ0v) is 22.4. The topological polar surface area (TPSA) is 94.5 Å². The van der Waals surface area contributed by atoms with Crippen molar-refractivity contribution in [2.45, 2.75) is 38.7 Å². The Hall–Kier alpha value is -4.50. The van der Waals surface area contributed by atoms with E-state index in [4.69, 9.17) is 9.47 Å². The summed E-state index contributed by atoms with van der Waals surface area (Å²) >= 11 is 0. The van der Waals surface area contributed by atoms with Crippen LogP contribution in [0.3, 0.4) is 0 Å². The van der Waals surface area contributed by atoms with E-state index < -0.39 is 11.4 Å². The molecule has 1 saturated heterocycles. The molecule has 0 spiro atoms. The average Bonchev–Trinajstić information content (AvgIpc) is 3.49. The van der Waals surface area contributed by atoms with E-state index in [2.05, 4.69) is 29.6 Å². The van der Waals surface area contributed by atoms with Gasteiger partial charge in [-0.3, -0.25) is 9.59 Å². The number of hydrogen-bond acceptors (Lipinski definition) is 6. The van der Waals surface area contributed by atoms with Gasteiger partial charge in [0.15, 0.2) is 11.4 Å². The van der Waals surface area contributed by atoms with Crippen LogP contribution in [0.2, 0.25) is 0 Å². The molecule has 1 atom stereocenters. The number of nitrogens with zero attached hydrogens (tertiary/aromatic N) is 2. The Morgan fingerprint density at radius 3 is 2.60 bits per heavy atom. The Morgan fingerprint density at radius 1 is 1.12 bits per heavy atom. The second-order valence-corrected chi connectivity index (χ2v) is 9.95. The number of ether oxygens (including phenoxy) is 2. The van der Waals surface area contributed by atoms with Gasteiger partial charge in [-0.05, 0) is 85.0 Å². The Morgan fingerprint density at radius 2 is 1.90 bits per heavy atom. The summed E-state index contributed by atoms with van der Waals surface area (Å²) in [5.74, 6) is 0.474. The van der Waals surface area contributed by atoms with Crippen molar-refractivity contribution >= 4 is 17.3 Å². The monoisotopic (exact) mass is 542 g/mol. The molecule has 1 fully saturated rings. The highest BCUT2D eigenvalue weighted by Crippen LogP contribution is 2.30. The summed E-state index contributed by atoms with van der Waals surface area (Å²) in [6.45, 7) is 5.37. The second-order valence-electron chi connectivity index (χ2n) is 9.95. The molecular weight excluding hydrogens is 511 g/mol. The van der Waals surface area contributed by atoms with Crippen LogP contribution in [-0.4, -0.2) is 34.9 Å². The maximum Gasteiger partial charge on any atom is 0.299 e. The van der Waals surface area contributed by atoms with Crippen LogP contribution in [-0.2, 0) is 4.74 Å². The van der Waals surface area contributed by atoms with Gasteiger partial charge in [-0.25, -0.2) is 4.39 Å². The normalized spacial score (nSPS) is 14.8. The number of aromatic nitrogens is 2. The molecule has 3 aromatic carbocycles. The van der Waals surface area contributed by atoms with E-state index in [1.807, 2.05) is 24.3 Å². The van der Waals surface area contributed by atoms with Gasteiger partial charge >= 0.3 is 0 Å². The minimum Gasteiger partial charge on any atom is -0.453 e. The van der Waals surface area contributed by atoms with Gasteiger partial charge in [0.05, 0.1) is 18.0 Å². The van der Waals surface area contributed by atoms with Gasteiger partial charge in [0, 0.05) is 24.4 Å². The lowest BCUT2D eigenvalue weighted by Gasteiger charge is -2.16. The number of hydrogen-bond donors (Lipinski definition) is 2. The lowest BCUT2D eigenvalue weighted by atomic mass is 10.0. The molecule has 1 aromatic heterocycles. The number of benzene rings is 3. The van der Waals surface area contributed by atoms with Crippen LogP contribution in [0.1, 0.15) is 48.5 Å². The van der Waals surface area contributed by atoms with Crippen molar-refractivity contribution in [3.05, 3.63) is 106 Å². The minimum atomic E-state index is -0.484. The predicted octanol–water partition coefficient (Wildman–Crippen LogP) is 5.94. The van der Waals surface area contributed by atoms with E-state index in [0.717, 1.165) is 25.0 Å². The van der Waals surface area contributed by atoms with Crippen LogP contribution < -0.4 is 20.9 Å². The molecule has 4 aromatic rings. The summed E-state index contributed by atoms with van der Waals surface area (Å²) in [6, 6.07) is 19.9. The Labute approximate surface area is 231 Å². The molecule has 0 saturated carbocycles. The number of halogens is 1. The number of nitrogens with one attached hydrogen (secondary N) is 2. The Kier molecular flexibility index (Phi) is 8.21. The third-order valence-electron chi connectivity index (χ3n) is 6.70. The van der Waals surface area contributed by atoms with Crippen LogP contribution in [0.15, 0.2) is 83.8 Å². The van der Waals surface area contributed by atoms with Crippen LogP contribution in [0, 0.1) is 5.82 Å². The number of carbonyl (C=O) groups excluding carboxylic acids is 1. The van der Waals surface area contributed by atoms with Crippen molar-refractivity contribution in [2.75, 3.05) is 18.5 Å². The van der Waals surface area contributed by atoms with Crippen LogP contribution in [0.5, 0.6) is 11.5 Å². The van der Waals surface area contributed by atoms with E-state index in [1.54, 1.807) is 24.3 Å². The van der Waals surface area contributed by atoms with E-state index in [9.17, 15) is 14.0 Å². The van der Waals surface area contributed by atoms with Gasteiger partial charge in [0.25, 0.3) is 11.5 Å². The van der Waals surface area contributed by atoms with Gasteiger partial charge in [-0.2, -0.15) is 9.78 Å². The summed E-state index contributed by atoms with van der Waals surface area (Å²) in [7, 11) is 0. The highest BCUT2D eigenvalue weighted by atomic mass is 19.1. The first-order chi connectivity index (χ1) is 19.4. The summed E-state index contributed by atoms with van der Waals surface area (Å²) in [4.78, 5) is 26.2. The highest BCUT2D eigenvalue weighted by Gasteiger charge is 2.18. The van der Waals surface area contributed by atoms with Gasteiger partial charge in [-0.15, -0.1) is 0 Å². The fourth-order valence-corrected chi connectivity index (χ4v) is 4.42. The van der Waals surface area contributed by atoms with E-state index in [-0.39, 0.29) is 23.4 Å². The van der Waals surface area contributed by atoms with E-state index >= 15 is 0 Å². The third kappa shape index (κ3) is 6.38. The molecule has 8 nitrogen and oxygen atoms in total. The summed E-state index contributed by atoms with van der Waals surface area (Å²) in [5, 5.41) is 10.3. The number of rotatable bonds is 9. The first-order valence-electron chi connectivity index (χ1n) is 13.3. The van der Waals surface area contributed by atoms with Crippen molar-refractivity contribution in [3.63, 3.8) is 0 Å². The molecule has 1 aliphatic rings. The van der Waals surface area contributed by atoms with Crippen molar-refractivity contribution in [3.8, 4) is 17.2 Å². The lowest BCUT2D eigenvalue weighted by molar-refractivity contribution is 0.0858. The fourth-order valence-electron chi connectivity index (χ4n) is 4.42. The first-order valence-corrected chi connectivity index (χ1v) is 13.3. The molecule has 1 amide bonds. The summed E-state index contributed by atoms with van der Waals surface area (Å²) in [5.41, 5.74) is 2.22. The highest BCUT2D eigenvalue weighted by molar-refractivity contribution is 5.94. The van der Waals surface area contributed by atoms with Gasteiger partial charge < -0.3 is 20.1 Å². The van der Waals surface area contributed by atoms with Crippen molar-refractivity contribution in [1.82, 2.24) is 15.1 Å². The smallest absolute Gasteiger partial charge is 0.299 e. The second kappa shape index (κ2) is 12.1. The molecule has 1 unspecified atom stereocenters. The molecule has 0 aliphatic carbocycles. The lowest BCUT2D eigenvalue weighted by Crippen LogP contribution is -2.31. The molecule has 40 heavy (non-hydrogen) atoms. The van der Waals surface area contributed by atoms with Crippen LogP contribution in [0.25, 0.3) is 5.69 Å². The van der Waals surface area contributed by atoms with Crippen molar-refractivity contribution in [1.29, 1.82) is 0 Å². The minimum absolute atomic E-state index is 0.0551. The van der Waals surface area contributed by atoms with E-state index in [1.165, 1.54) is 35.1 Å². The average molecular weight is 543 g/mol. The molecule has 0 radical (unpaired) electrons. The molecule has 206 valence electrons. The molecule has 5 rings (SSSR count). The first kappa shape index (κ1) is 27.1. The number of amides is 1. The quantitative estimate of drug-likeness (QED) is 0.272. The largest absolute Gasteiger partial charge is 0.453 e. The molecule has 9 heteroatoms. The molecule has 0 bridgehead atoms. The van der Waals surface area contributed by atoms with Crippen LogP contribution in [0.4, 0.5) is 15.8 Å². The molecule has 2 heterocycles. The zero-order valence-electron chi connectivity index (χ0n) is 22.4. The van der Waals surface area contributed by atoms with Crippen molar-refractivity contribution < 1.29 is 18.7 Å². The molecular formula is C31H31FN4O4. The summed E-state index contributed by atoms with van der Waals surface area (Å²) in [6.07, 6.45) is 3.45. The SMILES string of the molecule is CC(C)c1cccc(Oc2cnn(-c3ccc(F)cc3)c(=O)c2Nc2ccc(C(=O)NCC3CCCO3)cc2)c1. The zero-order chi connectivity index (χ0) is 28.1. The predicted molar refractivity (Wildman–Crippen MR) is 151 cm³/mol. The van der Waals surface area contributed by atoms with Gasteiger partial charge in [-0.1, -0.05) is 26.0 Å². The third-order valence-corrected chi connectivity index (χ3v) is 6.70. The maximum atomic E-state index is 13.6. The molecule has 1 aliphatic heterocycles. The number of anilines is 2. The molecule has 2 N–H and O–H groups in total. The number of carbonyl (C=O) groups is 1. The summed E-state index contributed by atoms with van der Waals surface area (Å²) < 4.78 is 26.4. The maximum absolute atomic E-state index is 13.6. The van der Waals surface area contributed by atoms with Crippen LogP contribution >= 0.6 is 0 Å². The van der Waals surface area contributed by atoms with Gasteiger partial charge in [0.1, 0.15) is 11.6 Å². The standard InChI is InChI=1S/C31H31FN4O4/c1-20(2)22-5-3-6-26(17-22)40-28-19-34-36(25-14-10-23(32)11-15-25)31(38)29(28)35-24-12-8-21(9-13-24)30(37)33-18-27-7-4-16-39-27/h3,5-6,8-15,17,19-20,27,35H,4,7,16,18H2,1-2H3,(H,33,37). The Balaban J connectivity index is 1.42. The Bertz CT molecular complexity index is 1530. The van der Waals surface area contributed by atoms with Crippen molar-refractivity contribution in [2.24, 2.45) is 0 Å².